The maximum Gasteiger partial charge on any atom is 0.341 e. The van der Waals surface area contributed by atoms with Gasteiger partial charge in [-0.05, 0) is 81.8 Å². The van der Waals surface area contributed by atoms with Gasteiger partial charge in [0.2, 0.25) is 5.43 Å². The summed E-state index contributed by atoms with van der Waals surface area (Å²) in [5.74, 6) is 3.26. The van der Waals surface area contributed by atoms with Crippen LogP contribution in [0.3, 0.4) is 0 Å². The number of carbonyl (C=O) groups excluding carboxylic acids is 1. The Morgan fingerprint density at radius 1 is 1.13 bits per heavy atom. The summed E-state index contributed by atoms with van der Waals surface area (Å²) in [5, 5.41) is 23.4. The number of aromatic nitrogens is 1. The molecule has 240 valence electrons. The number of piperazine rings is 1. The predicted molar refractivity (Wildman–Crippen MR) is 172 cm³/mol. The molecule has 2 aromatic rings. The zero-order valence-electron chi connectivity index (χ0n) is 26.3. The van der Waals surface area contributed by atoms with Gasteiger partial charge in [0.1, 0.15) is 22.8 Å². The Hall–Kier alpha value is -3.48. The van der Waals surface area contributed by atoms with E-state index in [-0.39, 0.29) is 16.4 Å². The van der Waals surface area contributed by atoms with Crippen LogP contribution in [-0.4, -0.2) is 58.3 Å². The molecule has 3 fully saturated rings. The highest BCUT2D eigenvalue weighted by Crippen LogP contribution is 2.64. The highest BCUT2D eigenvalue weighted by Gasteiger charge is 2.61. The number of ketones is 1. The Morgan fingerprint density at radius 2 is 1.89 bits per heavy atom. The lowest BCUT2D eigenvalue weighted by molar-refractivity contribution is -0.119. The first-order valence-electron chi connectivity index (χ1n) is 16.5. The number of aromatic carboxylic acids is 1. The number of fused-ring (bicyclic) bond motifs is 5. The normalized spacial score (nSPS) is 31.0. The smallest absolute Gasteiger partial charge is 0.341 e. The largest absolute Gasteiger partial charge is 0.477 e. The molecule has 0 spiro atoms. The molecule has 45 heavy (non-hydrogen) atoms. The Kier molecular flexibility index (Phi) is 8.42. The van der Waals surface area contributed by atoms with Gasteiger partial charge >= 0.3 is 5.97 Å². The molecule has 7 rings (SSSR count). The van der Waals surface area contributed by atoms with Crippen LogP contribution in [-0.2, 0) is 11.3 Å². The summed E-state index contributed by atoms with van der Waals surface area (Å²) >= 11 is 0. The van der Waals surface area contributed by atoms with Crippen LogP contribution in [0.1, 0.15) is 82.0 Å². The standard InChI is InChI=1S/C20H26O2.C16H18FN3O3/c1-3-20(22)11-9-18-17-6-4-13-12-14(21)5-7-15(13)16(17)8-10-19(18,20)2;1-2-19-9-11(16(22)23)15(21)10-7-12(17)14(8-13(10)19)20-5-3-18-4-6-20/h1,16-18,22H,4-12H2,2H3;7-9,18H,2-6H2,1H3,(H,22,23)/t16-,17-,18+,19+,20+;/m1./s1. The van der Waals surface area contributed by atoms with Crippen molar-refractivity contribution in [2.45, 2.75) is 83.8 Å². The number of pyridine rings is 1. The van der Waals surface area contributed by atoms with E-state index in [0.29, 0.717) is 54.4 Å². The fourth-order valence-electron chi connectivity index (χ4n) is 9.27. The van der Waals surface area contributed by atoms with E-state index >= 15 is 0 Å². The van der Waals surface area contributed by atoms with Gasteiger partial charge in [0, 0.05) is 62.6 Å². The number of benzene rings is 1. The minimum Gasteiger partial charge on any atom is -0.477 e. The fraction of sp³-hybridized carbons (Fsp3) is 0.583. The number of anilines is 1. The third kappa shape index (κ3) is 5.30. The van der Waals surface area contributed by atoms with E-state index < -0.39 is 22.8 Å². The minimum absolute atomic E-state index is 0.100. The molecule has 1 aromatic carbocycles. The quantitative estimate of drug-likeness (QED) is 0.332. The molecule has 0 unspecified atom stereocenters. The third-order valence-electron chi connectivity index (χ3n) is 11.8. The van der Waals surface area contributed by atoms with Crippen LogP contribution in [0.4, 0.5) is 10.1 Å². The number of carboxylic acid groups (broad SMARTS) is 1. The molecule has 4 aliphatic carbocycles. The van der Waals surface area contributed by atoms with Crippen molar-refractivity contribution in [1.82, 2.24) is 9.88 Å². The van der Waals surface area contributed by atoms with Gasteiger partial charge in [-0.25, -0.2) is 9.18 Å². The molecule has 1 aromatic heterocycles. The number of halogens is 1. The minimum atomic E-state index is -1.30. The van der Waals surface area contributed by atoms with Gasteiger partial charge in [0.25, 0.3) is 0 Å². The van der Waals surface area contributed by atoms with Crippen molar-refractivity contribution in [3.8, 4) is 12.3 Å². The molecule has 3 N–H and O–H groups in total. The average Bonchev–Trinajstić information content (AvgIpc) is 3.32. The monoisotopic (exact) mass is 617 g/mol. The first-order valence-corrected chi connectivity index (χ1v) is 16.5. The van der Waals surface area contributed by atoms with Gasteiger partial charge in [-0.3, -0.25) is 9.59 Å². The van der Waals surface area contributed by atoms with Crippen molar-refractivity contribution in [2.24, 2.45) is 23.2 Å². The second kappa shape index (κ2) is 12.0. The van der Waals surface area contributed by atoms with E-state index in [1.165, 1.54) is 18.2 Å². The van der Waals surface area contributed by atoms with E-state index in [4.69, 9.17) is 11.5 Å². The number of carboxylic acids is 1. The molecular formula is C36H44FN3O5. The van der Waals surface area contributed by atoms with Crippen LogP contribution in [0.15, 0.2) is 34.3 Å². The van der Waals surface area contributed by atoms with E-state index in [1.54, 1.807) is 16.2 Å². The van der Waals surface area contributed by atoms with Gasteiger partial charge < -0.3 is 25.0 Å². The number of carbonyl (C=O) groups is 2. The number of Topliss-reactive ketones (excluding diaryl/α,β-unsaturated/α-hetero) is 1. The fourth-order valence-corrected chi connectivity index (χ4v) is 9.27. The Balaban J connectivity index is 0.000000159. The molecule has 2 heterocycles. The van der Waals surface area contributed by atoms with E-state index in [1.807, 2.05) is 11.8 Å². The molecule has 0 amide bonds. The second-order valence-electron chi connectivity index (χ2n) is 13.8. The van der Waals surface area contributed by atoms with Crippen LogP contribution in [0, 0.1) is 41.3 Å². The maximum atomic E-state index is 14.5. The number of nitrogens with zero attached hydrogens (tertiary/aromatic N) is 2. The Morgan fingerprint density at radius 3 is 2.58 bits per heavy atom. The second-order valence-corrected chi connectivity index (χ2v) is 13.8. The van der Waals surface area contributed by atoms with Crippen molar-refractivity contribution in [1.29, 1.82) is 0 Å². The Bertz CT molecular complexity index is 1670. The molecule has 1 aliphatic heterocycles. The van der Waals surface area contributed by atoms with Crippen molar-refractivity contribution < 1.29 is 24.2 Å². The van der Waals surface area contributed by atoms with Gasteiger partial charge in [-0.2, -0.15) is 0 Å². The first-order chi connectivity index (χ1) is 21.5. The van der Waals surface area contributed by atoms with Crippen LogP contribution in [0.25, 0.3) is 10.9 Å². The number of hydrogen-bond donors (Lipinski definition) is 3. The molecule has 9 heteroatoms. The lowest BCUT2D eigenvalue weighted by atomic mass is 9.52. The third-order valence-corrected chi connectivity index (χ3v) is 11.8. The number of hydrogen-bond acceptors (Lipinski definition) is 6. The zero-order chi connectivity index (χ0) is 32.1. The average molecular weight is 618 g/mol. The van der Waals surface area contributed by atoms with Crippen molar-refractivity contribution in [3.05, 3.63) is 51.1 Å². The SMILES string of the molecule is C#C[C@]1(O)CC[C@H]2[C@@H]3CCC4=C(CCC(=O)C4)[C@H]3CC[C@@]21C.CCn1cc(C(=O)O)c(=O)c2cc(F)c(N3CCNCC3)cc21. The summed E-state index contributed by atoms with van der Waals surface area (Å²) in [4.78, 5) is 37.2. The summed E-state index contributed by atoms with van der Waals surface area (Å²) in [6.07, 6.45) is 15.8. The van der Waals surface area contributed by atoms with Crippen LogP contribution >= 0.6 is 0 Å². The lowest BCUT2D eigenvalue weighted by Gasteiger charge is -2.53. The summed E-state index contributed by atoms with van der Waals surface area (Å²) in [7, 11) is 0. The molecular weight excluding hydrogens is 573 g/mol. The first kappa shape index (κ1) is 31.5. The summed E-state index contributed by atoms with van der Waals surface area (Å²) in [6, 6.07) is 2.81. The van der Waals surface area contributed by atoms with Gasteiger partial charge in [-0.15, -0.1) is 6.42 Å². The maximum absolute atomic E-state index is 14.5. The summed E-state index contributed by atoms with van der Waals surface area (Å²) < 4.78 is 16.2. The van der Waals surface area contributed by atoms with Crippen LogP contribution in [0.2, 0.25) is 0 Å². The number of terminal acetylenes is 1. The van der Waals surface area contributed by atoms with Gasteiger partial charge in [-0.1, -0.05) is 24.0 Å². The lowest BCUT2D eigenvalue weighted by Crippen LogP contribution is -2.50. The van der Waals surface area contributed by atoms with Crippen LogP contribution in [0.5, 0.6) is 0 Å². The summed E-state index contributed by atoms with van der Waals surface area (Å²) in [5.41, 5.74) is 2.09. The molecule has 2 saturated carbocycles. The van der Waals surface area contributed by atoms with Crippen LogP contribution < -0.4 is 15.6 Å². The number of aryl methyl sites for hydroxylation is 1. The van der Waals surface area contributed by atoms with Crippen molar-refractivity contribution >= 4 is 28.3 Å². The van der Waals surface area contributed by atoms with E-state index in [2.05, 4.69) is 18.2 Å². The number of rotatable bonds is 3. The molecule has 0 radical (unpaired) electrons. The number of nitrogens with one attached hydrogen (secondary N) is 1. The summed E-state index contributed by atoms with van der Waals surface area (Å²) in [6.45, 7) is 7.49. The van der Waals surface area contributed by atoms with Crippen molar-refractivity contribution in [3.63, 3.8) is 0 Å². The molecule has 5 aliphatic rings. The molecule has 8 nitrogen and oxygen atoms in total. The van der Waals surface area contributed by atoms with E-state index in [9.17, 15) is 23.9 Å². The van der Waals surface area contributed by atoms with Gasteiger partial charge in [0.15, 0.2) is 0 Å². The van der Waals surface area contributed by atoms with Gasteiger partial charge in [0.05, 0.1) is 11.2 Å². The molecule has 0 bridgehead atoms. The molecule has 5 atom stereocenters. The highest BCUT2D eigenvalue weighted by atomic mass is 19.1. The predicted octanol–water partition coefficient (Wildman–Crippen LogP) is 4.90. The number of aliphatic hydroxyl groups is 1. The number of allylic oxidation sites excluding steroid dienone is 2. The zero-order valence-corrected chi connectivity index (χ0v) is 26.3. The molecule has 1 saturated heterocycles. The van der Waals surface area contributed by atoms with Crippen molar-refractivity contribution in [2.75, 3.05) is 31.1 Å². The van der Waals surface area contributed by atoms with E-state index in [0.717, 1.165) is 70.5 Å². The Labute approximate surface area is 263 Å². The highest BCUT2D eigenvalue weighted by molar-refractivity contribution is 5.93. The topological polar surface area (TPSA) is 112 Å².